The highest BCUT2D eigenvalue weighted by atomic mass is 35.5. The van der Waals surface area contributed by atoms with Crippen LogP contribution in [0.15, 0.2) is 58.9 Å². The Morgan fingerprint density at radius 1 is 1.14 bits per heavy atom. The summed E-state index contributed by atoms with van der Waals surface area (Å²) in [5.74, 6) is -0.796. The molecule has 0 radical (unpaired) electrons. The molecule has 3 amide bonds. The summed E-state index contributed by atoms with van der Waals surface area (Å²) in [5.41, 5.74) is 0.853. The van der Waals surface area contributed by atoms with Gasteiger partial charge < -0.3 is 10.1 Å². The zero-order valence-corrected chi connectivity index (χ0v) is 16.0. The standard InChI is InChI=1S/C19H16ClN5O4/c1-29-12-8-6-11(7-9-12)25-18(27)16-17(19(25)28)24(23-22-16)10-15(26)21-14-5-3-2-4-13(14)20/h2-9,16-17H,10H2,1H3,(H,21,26)/t16-,17+/m1/s1. The molecule has 1 saturated heterocycles. The van der Waals surface area contributed by atoms with E-state index >= 15 is 0 Å². The Balaban J connectivity index is 1.49. The topological polar surface area (TPSA) is 104 Å². The van der Waals surface area contributed by atoms with Crippen molar-refractivity contribution in [2.24, 2.45) is 10.3 Å². The van der Waals surface area contributed by atoms with Gasteiger partial charge in [0.15, 0.2) is 12.1 Å². The molecule has 1 fully saturated rings. The third-order valence-electron chi connectivity index (χ3n) is 4.64. The van der Waals surface area contributed by atoms with Crippen LogP contribution in [0, 0.1) is 0 Å². The van der Waals surface area contributed by atoms with E-state index in [9.17, 15) is 14.4 Å². The quantitative estimate of drug-likeness (QED) is 0.757. The van der Waals surface area contributed by atoms with Crippen LogP contribution in [0.1, 0.15) is 0 Å². The van der Waals surface area contributed by atoms with Crippen LogP contribution in [0.25, 0.3) is 0 Å². The summed E-state index contributed by atoms with van der Waals surface area (Å²) in [7, 11) is 1.53. The van der Waals surface area contributed by atoms with Gasteiger partial charge in [-0.3, -0.25) is 19.4 Å². The lowest BCUT2D eigenvalue weighted by atomic mass is 10.1. The van der Waals surface area contributed by atoms with Crippen LogP contribution in [0.3, 0.4) is 0 Å². The summed E-state index contributed by atoms with van der Waals surface area (Å²) < 4.78 is 5.09. The van der Waals surface area contributed by atoms with Gasteiger partial charge in [-0.2, -0.15) is 5.11 Å². The SMILES string of the molecule is COc1ccc(N2C(=O)[C@@H]3[C@@H](N=NN3CC(=O)Nc3ccccc3Cl)C2=O)cc1. The zero-order valence-electron chi connectivity index (χ0n) is 15.3. The Morgan fingerprint density at radius 2 is 1.86 bits per heavy atom. The number of halogens is 1. The van der Waals surface area contributed by atoms with Crippen molar-refractivity contribution in [1.82, 2.24) is 5.01 Å². The molecule has 2 aliphatic heterocycles. The van der Waals surface area contributed by atoms with Crippen LogP contribution < -0.4 is 15.0 Å². The molecule has 0 aliphatic carbocycles. The number of carbonyl (C=O) groups excluding carboxylic acids is 3. The molecule has 2 aliphatic rings. The monoisotopic (exact) mass is 413 g/mol. The number of para-hydroxylation sites is 1. The van der Waals surface area contributed by atoms with Gasteiger partial charge in [0, 0.05) is 0 Å². The number of rotatable bonds is 5. The van der Waals surface area contributed by atoms with Crippen molar-refractivity contribution in [2.75, 3.05) is 23.9 Å². The van der Waals surface area contributed by atoms with E-state index in [0.717, 1.165) is 4.90 Å². The van der Waals surface area contributed by atoms with Crippen molar-refractivity contribution in [3.8, 4) is 5.75 Å². The van der Waals surface area contributed by atoms with Crippen LogP contribution in [-0.4, -0.2) is 48.5 Å². The lowest BCUT2D eigenvalue weighted by Crippen LogP contribution is -2.43. The average Bonchev–Trinajstić information content (AvgIpc) is 3.23. The van der Waals surface area contributed by atoms with Gasteiger partial charge in [0.1, 0.15) is 12.3 Å². The number of anilines is 2. The molecule has 148 valence electrons. The fourth-order valence-electron chi connectivity index (χ4n) is 3.24. The number of hydrogen-bond donors (Lipinski definition) is 1. The number of amides is 3. The van der Waals surface area contributed by atoms with Gasteiger partial charge in [-0.05, 0) is 36.4 Å². The first-order valence-corrected chi connectivity index (χ1v) is 9.11. The fraction of sp³-hybridized carbons (Fsp3) is 0.211. The van der Waals surface area contributed by atoms with Gasteiger partial charge in [-0.15, -0.1) is 0 Å². The van der Waals surface area contributed by atoms with Gasteiger partial charge in [-0.25, -0.2) is 4.90 Å². The molecular weight excluding hydrogens is 398 g/mol. The number of nitrogens with zero attached hydrogens (tertiary/aromatic N) is 4. The molecule has 4 rings (SSSR count). The maximum Gasteiger partial charge on any atom is 0.263 e. The van der Waals surface area contributed by atoms with E-state index in [1.54, 1.807) is 48.5 Å². The third-order valence-corrected chi connectivity index (χ3v) is 4.97. The van der Waals surface area contributed by atoms with E-state index in [4.69, 9.17) is 16.3 Å². The van der Waals surface area contributed by atoms with Crippen LogP contribution in [0.4, 0.5) is 11.4 Å². The normalized spacial score (nSPS) is 20.2. The Labute approximate surface area is 170 Å². The maximum absolute atomic E-state index is 12.9. The molecule has 2 aromatic carbocycles. The number of imide groups is 1. The van der Waals surface area contributed by atoms with Gasteiger partial charge in [-0.1, -0.05) is 29.0 Å². The molecule has 0 spiro atoms. The van der Waals surface area contributed by atoms with Gasteiger partial charge in [0.25, 0.3) is 11.8 Å². The first kappa shape index (κ1) is 18.9. The largest absolute Gasteiger partial charge is 0.497 e. The Hall–Kier alpha value is -3.46. The van der Waals surface area contributed by atoms with Crippen molar-refractivity contribution >= 4 is 40.7 Å². The van der Waals surface area contributed by atoms with Crippen molar-refractivity contribution in [2.45, 2.75) is 12.1 Å². The highest BCUT2D eigenvalue weighted by Gasteiger charge is 2.55. The molecule has 0 bridgehead atoms. The van der Waals surface area contributed by atoms with Crippen molar-refractivity contribution in [3.05, 3.63) is 53.6 Å². The Bertz CT molecular complexity index is 1010. The minimum Gasteiger partial charge on any atom is -0.497 e. The first-order chi connectivity index (χ1) is 14.0. The second-order valence-corrected chi connectivity index (χ2v) is 6.84. The second-order valence-electron chi connectivity index (χ2n) is 6.43. The highest BCUT2D eigenvalue weighted by Crippen LogP contribution is 2.32. The molecule has 2 atom stereocenters. The molecule has 2 heterocycles. The Kier molecular flexibility index (Phi) is 4.89. The molecule has 0 aromatic heterocycles. The van der Waals surface area contributed by atoms with Crippen LogP contribution >= 0.6 is 11.6 Å². The molecule has 1 N–H and O–H groups in total. The summed E-state index contributed by atoms with van der Waals surface area (Å²) in [6.07, 6.45) is 0. The van der Waals surface area contributed by atoms with E-state index in [1.807, 2.05) is 0 Å². The minimum atomic E-state index is -0.974. The van der Waals surface area contributed by atoms with Crippen molar-refractivity contribution in [1.29, 1.82) is 0 Å². The number of carbonyl (C=O) groups is 3. The van der Waals surface area contributed by atoms with Gasteiger partial charge >= 0.3 is 0 Å². The summed E-state index contributed by atoms with van der Waals surface area (Å²) in [6, 6.07) is 11.4. The molecular formula is C19H16ClN5O4. The van der Waals surface area contributed by atoms with Crippen LogP contribution in [0.5, 0.6) is 5.75 Å². The summed E-state index contributed by atoms with van der Waals surface area (Å²) in [4.78, 5) is 39.1. The van der Waals surface area contributed by atoms with Crippen LogP contribution in [0.2, 0.25) is 5.02 Å². The van der Waals surface area contributed by atoms with Crippen LogP contribution in [-0.2, 0) is 14.4 Å². The number of methoxy groups -OCH3 is 1. The number of fused-ring (bicyclic) bond motifs is 1. The molecule has 0 unspecified atom stereocenters. The lowest BCUT2D eigenvalue weighted by molar-refractivity contribution is -0.123. The molecule has 0 saturated carbocycles. The highest BCUT2D eigenvalue weighted by molar-refractivity contribution is 6.33. The van der Waals surface area contributed by atoms with Crippen molar-refractivity contribution < 1.29 is 19.1 Å². The number of benzene rings is 2. The predicted octanol–water partition coefficient (Wildman–Crippen LogP) is 2.28. The first-order valence-electron chi connectivity index (χ1n) is 8.73. The van der Waals surface area contributed by atoms with E-state index in [-0.39, 0.29) is 6.54 Å². The summed E-state index contributed by atoms with van der Waals surface area (Å²) in [6.45, 7) is -0.245. The minimum absolute atomic E-state index is 0.245. The molecule has 2 aromatic rings. The maximum atomic E-state index is 12.9. The molecule has 9 nitrogen and oxygen atoms in total. The lowest BCUT2D eigenvalue weighted by Gasteiger charge is -2.20. The third kappa shape index (κ3) is 3.40. The number of nitrogens with one attached hydrogen (secondary N) is 1. The number of hydrogen-bond acceptors (Lipinski definition) is 7. The predicted molar refractivity (Wildman–Crippen MR) is 105 cm³/mol. The van der Waals surface area contributed by atoms with E-state index < -0.39 is 29.8 Å². The zero-order chi connectivity index (χ0) is 20.5. The molecule has 10 heteroatoms. The summed E-state index contributed by atoms with van der Waals surface area (Å²) >= 11 is 6.04. The second kappa shape index (κ2) is 7.51. The summed E-state index contributed by atoms with van der Waals surface area (Å²) in [5, 5.41) is 12.0. The van der Waals surface area contributed by atoms with Gasteiger partial charge in [0.05, 0.1) is 23.5 Å². The van der Waals surface area contributed by atoms with Crippen molar-refractivity contribution in [3.63, 3.8) is 0 Å². The van der Waals surface area contributed by atoms with E-state index in [1.165, 1.54) is 12.1 Å². The van der Waals surface area contributed by atoms with E-state index in [2.05, 4.69) is 15.7 Å². The van der Waals surface area contributed by atoms with E-state index in [0.29, 0.717) is 22.1 Å². The van der Waals surface area contributed by atoms with Gasteiger partial charge in [0.2, 0.25) is 5.91 Å². The fourth-order valence-corrected chi connectivity index (χ4v) is 3.42. The smallest absolute Gasteiger partial charge is 0.263 e. The Morgan fingerprint density at radius 3 is 2.55 bits per heavy atom. The molecule has 29 heavy (non-hydrogen) atoms. The number of ether oxygens (including phenoxy) is 1. The average molecular weight is 414 g/mol.